The number of nitrogens with two attached hydrogens (primary N) is 1. The molecule has 0 radical (unpaired) electrons. The lowest BCUT2D eigenvalue weighted by atomic mass is 9.53. The number of phenols is 1. The molecule has 12 nitrogen and oxygen atoms in total. The van der Waals surface area contributed by atoms with E-state index in [2.05, 4.69) is 10.5 Å². The number of amides is 2. The van der Waals surface area contributed by atoms with E-state index in [-0.39, 0.29) is 53.4 Å². The van der Waals surface area contributed by atoms with E-state index in [0.29, 0.717) is 33.3 Å². The lowest BCUT2D eigenvalue weighted by molar-refractivity contribution is -0.869. The first-order valence-corrected chi connectivity index (χ1v) is 16.2. The molecule has 4 aliphatic rings. The number of rotatable bonds is 8. The molecule has 3 unspecified atom stereocenters. The maximum absolute atomic E-state index is 14.4. The van der Waals surface area contributed by atoms with E-state index in [1.54, 1.807) is 30.3 Å². The lowest BCUT2D eigenvalue weighted by Gasteiger charge is -2.48. The molecule has 6 rings (SSSR count). The molecule has 0 saturated heterocycles. The van der Waals surface area contributed by atoms with Crippen LogP contribution in [0.3, 0.4) is 0 Å². The molecule has 0 aliphatic heterocycles. The molecule has 2 amide bonds. The lowest BCUT2D eigenvalue weighted by Crippen LogP contribution is -2.60. The van der Waals surface area contributed by atoms with Crippen LogP contribution in [0.5, 0.6) is 5.75 Å². The van der Waals surface area contributed by atoms with Crippen LogP contribution in [0.1, 0.15) is 41.8 Å². The van der Waals surface area contributed by atoms with Gasteiger partial charge in [0.15, 0.2) is 5.78 Å². The highest BCUT2D eigenvalue weighted by Crippen LogP contribution is 2.62. The number of quaternary nitrogens is 1. The monoisotopic (exact) mass is 657 g/mol. The Bertz CT molecular complexity index is 1850. The van der Waals surface area contributed by atoms with E-state index in [4.69, 9.17) is 5.73 Å². The molecule has 0 bridgehead atoms. The first-order chi connectivity index (χ1) is 22.5. The summed E-state index contributed by atoms with van der Waals surface area (Å²) in [4.78, 5) is 66.5. The number of carbonyl (C=O) groups is 4. The number of aliphatic hydroxyl groups is 2. The number of likely N-dealkylation sites (N-methyl/N-ethyl adjacent to an activating group) is 1. The Labute approximate surface area is 277 Å². The predicted octanol–water partition coefficient (Wildman–Crippen LogP) is 3.43. The molecule has 2 fully saturated rings. The first kappa shape index (κ1) is 33.1. The maximum atomic E-state index is 14.4. The van der Waals surface area contributed by atoms with Gasteiger partial charge in [-0.15, -0.1) is 4.91 Å². The molecule has 4 aliphatic carbocycles. The number of aromatic hydroxyl groups is 1. The minimum absolute atomic E-state index is 0.0165. The van der Waals surface area contributed by atoms with Gasteiger partial charge in [-0.1, -0.05) is 32.0 Å². The molecule has 2 saturated carbocycles. The second kappa shape index (κ2) is 11.4. The smallest absolute Gasteiger partial charge is 0.255 e. The molecular weight excluding hydrogens is 616 g/mol. The van der Waals surface area contributed by atoms with Gasteiger partial charge in [0.2, 0.25) is 11.3 Å². The minimum atomic E-state index is -2.54. The number of benzene rings is 2. The van der Waals surface area contributed by atoms with Crippen molar-refractivity contribution in [1.29, 1.82) is 0 Å². The van der Waals surface area contributed by atoms with E-state index in [9.17, 15) is 39.4 Å². The fourth-order valence-electron chi connectivity index (χ4n) is 8.37. The summed E-state index contributed by atoms with van der Waals surface area (Å²) >= 11 is 0. The molecular formula is C36H41N4O8+. The van der Waals surface area contributed by atoms with Crippen molar-refractivity contribution < 1.29 is 39.0 Å². The van der Waals surface area contributed by atoms with Crippen molar-refractivity contribution in [2.45, 2.75) is 32.2 Å². The van der Waals surface area contributed by atoms with E-state index in [0.717, 1.165) is 6.54 Å². The Balaban J connectivity index is 1.45. The van der Waals surface area contributed by atoms with Crippen LogP contribution in [-0.2, 0) is 20.8 Å². The number of ketones is 2. The van der Waals surface area contributed by atoms with Crippen molar-refractivity contribution in [2.24, 2.45) is 46.4 Å². The van der Waals surface area contributed by atoms with Gasteiger partial charge in [0, 0.05) is 23.0 Å². The molecule has 0 heterocycles. The third kappa shape index (κ3) is 4.92. The molecule has 252 valence electrons. The van der Waals surface area contributed by atoms with E-state index in [1.165, 1.54) is 6.07 Å². The minimum Gasteiger partial charge on any atom is -0.508 e. The standard InChI is InChI=1S/C36H40N4O8/c1-16-17(2)25(16)28-23-15-20-14-22-21(18-7-6-8-19(13-18)35(47)38-11-12-40(3,4)5)9-10-24(41)27(22)30(42)26(20)32(44)36(23,39-48)33(45)29(31(28)43)34(37)46/h6-10,13,16-17,20,23,25,28H,11-12,14-15H2,1-5H3,(H5-,37,38,41,42,43,44,45,46,47)/p+1/t16?,17?,20-,23-,25?,28?,36-/m0/s1. The number of primary amides is 1. The van der Waals surface area contributed by atoms with Crippen molar-refractivity contribution >= 4 is 29.1 Å². The number of hydrogen-bond donors (Lipinski definition) is 5. The third-order valence-electron chi connectivity index (χ3n) is 11.1. The van der Waals surface area contributed by atoms with Crippen LogP contribution in [0.15, 0.2) is 58.5 Å². The Hall–Kier alpha value is -4.84. The summed E-state index contributed by atoms with van der Waals surface area (Å²) in [5.74, 6) is -8.17. The topological polar surface area (TPSA) is 196 Å². The molecule has 48 heavy (non-hydrogen) atoms. The zero-order valence-corrected chi connectivity index (χ0v) is 27.6. The Morgan fingerprint density at radius 1 is 1.06 bits per heavy atom. The second-order valence-electron chi connectivity index (χ2n) is 14.8. The van der Waals surface area contributed by atoms with Gasteiger partial charge in [0.1, 0.15) is 22.8 Å². The predicted molar refractivity (Wildman–Crippen MR) is 176 cm³/mol. The molecule has 0 aromatic heterocycles. The molecule has 2 aromatic carbocycles. The van der Waals surface area contributed by atoms with Gasteiger partial charge in [0.25, 0.3) is 11.8 Å². The number of phenolic OH excluding ortho intramolecular Hbond substituents is 1. The van der Waals surface area contributed by atoms with E-state index in [1.807, 2.05) is 35.0 Å². The van der Waals surface area contributed by atoms with Gasteiger partial charge in [0.05, 0.1) is 39.8 Å². The average molecular weight is 658 g/mol. The Morgan fingerprint density at radius 3 is 2.35 bits per heavy atom. The highest BCUT2D eigenvalue weighted by Gasteiger charge is 2.69. The average Bonchev–Trinajstić information content (AvgIpc) is 3.60. The Morgan fingerprint density at radius 2 is 1.75 bits per heavy atom. The van der Waals surface area contributed by atoms with Crippen molar-refractivity contribution in [3.63, 3.8) is 0 Å². The van der Waals surface area contributed by atoms with Gasteiger partial charge in [-0.25, -0.2) is 0 Å². The summed E-state index contributed by atoms with van der Waals surface area (Å²) in [6.45, 7) is 5.08. The largest absolute Gasteiger partial charge is 0.508 e. The SMILES string of the molecule is CC1C(C)C1C1C(=O)C(C(N)=O)=C(O)[C@@]2(N=O)C(=O)C3=C(O)c4c(O)ccc(-c5cccc(C(=O)NCC[N+](C)(C)C)c5)c4C[C@H]3C[C@@H]12. The molecule has 2 aromatic rings. The molecule has 0 spiro atoms. The van der Waals surface area contributed by atoms with Gasteiger partial charge < -0.3 is 30.9 Å². The quantitative estimate of drug-likeness (QED) is 0.162. The van der Waals surface area contributed by atoms with E-state index >= 15 is 0 Å². The normalized spacial score (nSPS) is 29.5. The van der Waals surface area contributed by atoms with Crippen LogP contribution in [0, 0.1) is 40.4 Å². The van der Waals surface area contributed by atoms with Crippen molar-refractivity contribution in [3.05, 3.63) is 74.9 Å². The summed E-state index contributed by atoms with van der Waals surface area (Å²) in [6, 6.07) is 10.0. The number of Topliss-reactive ketones (excluding diaryl/α,β-unsaturated/α-hetero) is 2. The van der Waals surface area contributed by atoms with Gasteiger partial charge >= 0.3 is 0 Å². The van der Waals surface area contributed by atoms with Crippen LogP contribution in [0.25, 0.3) is 16.9 Å². The van der Waals surface area contributed by atoms with Crippen LogP contribution >= 0.6 is 0 Å². The summed E-state index contributed by atoms with van der Waals surface area (Å²) in [7, 11) is 6.09. The van der Waals surface area contributed by atoms with Gasteiger partial charge in [-0.2, -0.15) is 0 Å². The van der Waals surface area contributed by atoms with Crippen LogP contribution in [0.2, 0.25) is 0 Å². The zero-order valence-electron chi connectivity index (χ0n) is 27.6. The highest BCUT2D eigenvalue weighted by atomic mass is 16.3. The number of nitrogens with one attached hydrogen (secondary N) is 1. The number of hydrogen-bond acceptors (Lipinski definition) is 9. The number of carbonyl (C=O) groups excluding carboxylic acids is 4. The van der Waals surface area contributed by atoms with Crippen LogP contribution < -0.4 is 11.1 Å². The van der Waals surface area contributed by atoms with Crippen LogP contribution in [0.4, 0.5) is 0 Å². The summed E-state index contributed by atoms with van der Waals surface area (Å²) in [5.41, 5.74) is 4.14. The number of fused-ring (bicyclic) bond motifs is 3. The van der Waals surface area contributed by atoms with Crippen molar-refractivity contribution in [2.75, 3.05) is 34.2 Å². The number of nitrogens with zero attached hydrogens (tertiary/aromatic N) is 2. The second-order valence-corrected chi connectivity index (χ2v) is 14.8. The summed E-state index contributed by atoms with van der Waals surface area (Å²) < 4.78 is 0.684. The van der Waals surface area contributed by atoms with Crippen molar-refractivity contribution in [3.8, 4) is 16.9 Å². The zero-order chi connectivity index (χ0) is 35.0. The number of aliphatic hydroxyl groups excluding tert-OH is 2. The van der Waals surface area contributed by atoms with E-state index < -0.39 is 57.9 Å². The third-order valence-corrected chi connectivity index (χ3v) is 11.1. The molecule has 6 N–H and O–H groups in total. The van der Waals surface area contributed by atoms with Gasteiger partial charge in [-0.05, 0) is 76.6 Å². The van der Waals surface area contributed by atoms with Gasteiger partial charge in [-0.3, -0.25) is 19.2 Å². The van der Waals surface area contributed by atoms with Crippen molar-refractivity contribution in [1.82, 2.24) is 5.32 Å². The fraction of sp³-hybridized carbons (Fsp3) is 0.444. The molecule has 12 heteroatoms. The summed E-state index contributed by atoms with van der Waals surface area (Å²) in [6.07, 6.45) is 0.155. The first-order valence-electron chi connectivity index (χ1n) is 16.2. The Kier molecular flexibility index (Phi) is 7.85. The molecule has 6 atom stereocenters. The highest BCUT2D eigenvalue weighted by molar-refractivity contribution is 6.24. The summed E-state index contributed by atoms with van der Waals surface area (Å²) in [5, 5.41) is 40.1. The maximum Gasteiger partial charge on any atom is 0.255 e. The van der Waals surface area contributed by atoms with Crippen LogP contribution in [-0.4, -0.2) is 83.0 Å². The number of nitroso groups, excluding NO2 is 1. The fourth-order valence-corrected chi connectivity index (χ4v) is 8.37.